The molecule has 1 amide bonds. The number of piperazine rings is 1. The Bertz CT molecular complexity index is 580. The summed E-state index contributed by atoms with van der Waals surface area (Å²) in [5.74, 6) is 0.796. The van der Waals surface area contributed by atoms with Crippen LogP contribution in [-0.4, -0.2) is 43.0 Å². The summed E-state index contributed by atoms with van der Waals surface area (Å²) >= 11 is 12.4. The second kappa shape index (κ2) is 7.94. The molecule has 6 heteroatoms. The summed E-state index contributed by atoms with van der Waals surface area (Å²) in [7, 11) is 0. The van der Waals surface area contributed by atoms with Gasteiger partial charge in [-0.15, -0.1) is 0 Å². The summed E-state index contributed by atoms with van der Waals surface area (Å²) in [6.07, 6.45) is 4.96. The number of nitrogens with zero attached hydrogens (tertiary/aromatic N) is 2. The molecule has 2 N–H and O–H groups in total. The molecule has 0 aromatic heterocycles. The number of hydrogen-bond acceptors (Lipinski definition) is 3. The third-order valence-corrected chi connectivity index (χ3v) is 6.07. The highest BCUT2D eigenvalue weighted by Crippen LogP contribution is 2.33. The number of nitrogens with two attached hydrogens (primary N) is 1. The second-order valence-electron chi connectivity index (χ2n) is 6.93. The van der Waals surface area contributed by atoms with Gasteiger partial charge in [-0.3, -0.25) is 4.79 Å². The Labute approximate surface area is 153 Å². The van der Waals surface area contributed by atoms with E-state index in [4.69, 9.17) is 28.9 Å². The Morgan fingerprint density at radius 2 is 1.75 bits per heavy atom. The number of carbonyl (C=O) groups excluding carboxylic acids is 1. The van der Waals surface area contributed by atoms with E-state index in [0.29, 0.717) is 28.4 Å². The molecule has 0 radical (unpaired) electrons. The third kappa shape index (κ3) is 4.16. The van der Waals surface area contributed by atoms with Gasteiger partial charge < -0.3 is 15.5 Å². The van der Waals surface area contributed by atoms with Crippen LogP contribution in [0.15, 0.2) is 18.2 Å². The van der Waals surface area contributed by atoms with Crippen LogP contribution in [0.4, 0.5) is 5.69 Å². The summed E-state index contributed by atoms with van der Waals surface area (Å²) in [5, 5.41) is 1.17. The molecule has 1 heterocycles. The first-order chi connectivity index (χ1) is 11.5. The number of amides is 1. The van der Waals surface area contributed by atoms with Gasteiger partial charge in [0.2, 0.25) is 5.91 Å². The van der Waals surface area contributed by atoms with Crippen molar-refractivity contribution in [2.45, 2.75) is 38.1 Å². The lowest BCUT2D eigenvalue weighted by atomic mass is 9.84. The van der Waals surface area contributed by atoms with Gasteiger partial charge in [0.15, 0.2) is 0 Å². The Kier molecular flexibility index (Phi) is 5.90. The fourth-order valence-corrected chi connectivity index (χ4v) is 4.12. The number of benzene rings is 1. The van der Waals surface area contributed by atoms with Gasteiger partial charge in [0, 0.05) is 38.6 Å². The molecule has 0 atom stereocenters. The normalized spacial score (nSPS) is 25.0. The highest BCUT2D eigenvalue weighted by atomic mass is 35.5. The smallest absolute Gasteiger partial charge is 0.222 e. The molecule has 0 spiro atoms. The van der Waals surface area contributed by atoms with Crippen LogP contribution in [0.2, 0.25) is 10.0 Å². The number of anilines is 1. The first kappa shape index (κ1) is 17.8. The van der Waals surface area contributed by atoms with Crippen molar-refractivity contribution in [2.75, 3.05) is 31.1 Å². The van der Waals surface area contributed by atoms with Crippen molar-refractivity contribution in [3.05, 3.63) is 28.2 Å². The summed E-state index contributed by atoms with van der Waals surface area (Å²) in [6, 6.07) is 6.03. The molecule has 1 aliphatic heterocycles. The predicted molar refractivity (Wildman–Crippen MR) is 99.8 cm³/mol. The van der Waals surface area contributed by atoms with E-state index in [2.05, 4.69) is 4.90 Å². The first-order valence-electron chi connectivity index (χ1n) is 8.77. The number of rotatable bonds is 3. The minimum absolute atomic E-state index is 0.285. The second-order valence-corrected chi connectivity index (χ2v) is 7.71. The average Bonchev–Trinajstić information content (AvgIpc) is 2.59. The molecule has 0 bridgehead atoms. The van der Waals surface area contributed by atoms with Crippen LogP contribution in [0.5, 0.6) is 0 Å². The van der Waals surface area contributed by atoms with E-state index in [1.807, 2.05) is 17.0 Å². The summed E-state index contributed by atoms with van der Waals surface area (Å²) in [6.45, 7) is 3.07. The van der Waals surface area contributed by atoms with E-state index in [9.17, 15) is 4.79 Å². The summed E-state index contributed by atoms with van der Waals surface area (Å²) in [5.41, 5.74) is 6.90. The van der Waals surface area contributed by atoms with Crippen molar-refractivity contribution in [1.82, 2.24) is 4.90 Å². The van der Waals surface area contributed by atoms with Crippen LogP contribution in [0.3, 0.4) is 0 Å². The van der Waals surface area contributed by atoms with Crippen molar-refractivity contribution in [1.29, 1.82) is 0 Å². The fraction of sp³-hybridized carbons (Fsp3) is 0.611. The fourth-order valence-electron chi connectivity index (χ4n) is 3.70. The average molecular weight is 370 g/mol. The van der Waals surface area contributed by atoms with Crippen molar-refractivity contribution >= 4 is 34.8 Å². The van der Waals surface area contributed by atoms with Gasteiger partial charge in [0.25, 0.3) is 0 Å². The Balaban J connectivity index is 1.51. The van der Waals surface area contributed by atoms with E-state index in [0.717, 1.165) is 57.5 Å². The first-order valence-corrected chi connectivity index (χ1v) is 9.52. The zero-order chi connectivity index (χ0) is 17.1. The zero-order valence-electron chi connectivity index (χ0n) is 13.9. The van der Waals surface area contributed by atoms with E-state index in [-0.39, 0.29) is 5.91 Å². The molecule has 2 aliphatic rings. The highest BCUT2D eigenvalue weighted by Gasteiger charge is 2.26. The molecule has 1 aromatic carbocycles. The Morgan fingerprint density at radius 3 is 2.42 bits per heavy atom. The standard InChI is InChI=1S/C18H25Cl2N3O/c19-15-2-1-3-16(18(15)20)22-8-10-23(11-9-22)17(24)12-13-4-6-14(21)7-5-13/h1-3,13-14H,4-12,21H2. The number of halogens is 2. The van der Waals surface area contributed by atoms with Crippen molar-refractivity contribution in [3.63, 3.8) is 0 Å². The van der Waals surface area contributed by atoms with Crippen LogP contribution in [-0.2, 0) is 4.79 Å². The predicted octanol–water partition coefficient (Wildman–Crippen LogP) is 3.55. The maximum Gasteiger partial charge on any atom is 0.222 e. The van der Waals surface area contributed by atoms with Gasteiger partial charge in [0.1, 0.15) is 0 Å². The molecule has 4 nitrogen and oxygen atoms in total. The minimum Gasteiger partial charge on any atom is -0.367 e. The highest BCUT2D eigenvalue weighted by molar-refractivity contribution is 6.43. The molecule has 3 rings (SSSR count). The third-order valence-electron chi connectivity index (χ3n) is 5.26. The van der Waals surface area contributed by atoms with E-state index in [1.165, 1.54) is 0 Å². The van der Waals surface area contributed by atoms with Gasteiger partial charge in [-0.25, -0.2) is 0 Å². The van der Waals surface area contributed by atoms with Gasteiger partial charge in [-0.2, -0.15) is 0 Å². The molecule has 132 valence electrons. The molecule has 0 unspecified atom stereocenters. The maximum absolute atomic E-state index is 12.5. The molecule has 1 aromatic rings. The molecule has 2 fully saturated rings. The van der Waals surface area contributed by atoms with E-state index >= 15 is 0 Å². The van der Waals surface area contributed by atoms with Crippen LogP contribution >= 0.6 is 23.2 Å². The molecule has 1 saturated carbocycles. The van der Waals surface area contributed by atoms with Gasteiger partial charge in [-0.1, -0.05) is 29.3 Å². The summed E-state index contributed by atoms with van der Waals surface area (Å²) in [4.78, 5) is 16.7. The molecule has 1 aliphatic carbocycles. The quantitative estimate of drug-likeness (QED) is 0.885. The Hall–Kier alpha value is -0.970. The molecule has 1 saturated heterocycles. The van der Waals surface area contributed by atoms with Gasteiger partial charge >= 0.3 is 0 Å². The zero-order valence-corrected chi connectivity index (χ0v) is 15.4. The van der Waals surface area contributed by atoms with Crippen LogP contribution in [0.1, 0.15) is 32.1 Å². The van der Waals surface area contributed by atoms with E-state index in [1.54, 1.807) is 6.07 Å². The monoisotopic (exact) mass is 369 g/mol. The lowest BCUT2D eigenvalue weighted by Crippen LogP contribution is -2.49. The van der Waals surface area contributed by atoms with Crippen molar-refractivity contribution < 1.29 is 4.79 Å². The van der Waals surface area contributed by atoms with Gasteiger partial charge in [0.05, 0.1) is 15.7 Å². The number of carbonyl (C=O) groups is 1. The molecule has 24 heavy (non-hydrogen) atoms. The van der Waals surface area contributed by atoms with Crippen LogP contribution in [0.25, 0.3) is 0 Å². The molecular formula is C18H25Cl2N3O. The van der Waals surface area contributed by atoms with Crippen molar-refractivity contribution in [2.24, 2.45) is 11.7 Å². The number of hydrogen-bond donors (Lipinski definition) is 1. The van der Waals surface area contributed by atoms with Gasteiger partial charge in [-0.05, 0) is 43.7 Å². The maximum atomic E-state index is 12.5. The lowest BCUT2D eigenvalue weighted by Gasteiger charge is -2.37. The lowest BCUT2D eigenvalue weighted by molar-refractivity contribution is -0.132. The topological polar surface area (TPSA) is 49.6 Å². The van der Waals surface area contributed by atoms with Crippen LogP contribution in [0, 0.1) is 5.92 Å². The minimum atomic E-state index is 0.285. The molecular weight excluding hydrogens is 345 g/mol. The SMILES string of the molecule is NC1CCC(CC(=O)N2CCN(c3cccc(Cl)c3Cl)CC2)CC1. The van der Waals surface area contributed by atoms with Crippen LogP contribution < -0.4 is 10.6 Å². The van der Waals surface area contributed by atoms with E-state index < -0.39 is 0 Å². The van der Waals surface area contributed by atoms with Crippen molar-refractivity contribution in [3.8, 4) is 0 Å². The summed E-state index contributed by atoms with van der Waals surface area (Å²) < 4.78 is 0. The largest absolute Gasteiger partial charge is 0.367 e. The Morgan fingerprint density at radius 1 is 1.08 bits per heavy atom.